The molecule has 0 saturated heterocycles. The summed E-state index contributed by atoms with van der Waals surface area (Å²) in [4.78, 5) is 47.7. The largest absolute Gasteiger partial charge is 0.444 e. The molecule has 1 saturated carbocycles. The first kappa shape index (κ1) is 24.6. The number of halogens is 1. The van der Waals surface area contributed by atoms with E-state index in [0.29, 0.717) is 6.42 Å². The molecule has 0 heterocycles. The van der Waals surface area contributed by atoms with Gasteiger partial charge in [0.05, 0.1) is 6.54 Å². The Kier molecular flexibility index (Phi) is 9.84. The average Bonchev–Trinajstić information content (AvgIpc) is 2.62. The normalized spacial score (nSPS) is 15.9. The van der Waals surface area contributed by atoms with E-state index in [2.05, 4.69) is 10.7 Å². The molecule has 1 aliphatic carbocycles. The number of carbonyl (C=O) groups excluding carboxylic acids is 4. The van der Waals surface area contributed by atoms with Crippen molar-refractivity contribution in [2.75, 3.05) is 13.2 Å². The van der Waals surface area contributed by atoms with Crippen LogP contribution in [0.2, 0.25) is 0 Å². The summed E-state index contributed by atoms with van der Waals surface area (Å²) in [6, 6.07) is -0.962. The van der Waals surface area contributed by atoms with E-state index < -0.39 is 42.1 Å². The van der Waals surface area contributed by atoms with Crippen LogP contribution in [0.3, 0.4) is 0 Å². The van der Waals surface area contributed by atoms with E-state index in [1.54, 1.807) is 20.8 Å². The van der Waals surface area contributed by atoms with Crippen LogP contribution < -0.4 is 16.5 Å². The number of rotatable bonds is 8. The Morgan fingerprint density at radius 3 is 2.31 bits per heavy atom. The summed E-state index contributed by atoms with van der Waals surface area (Å²) in [5.41, 5.74) is 6.63. The fourth-order valence-corrected chi connectivity index (χ4v) is 3.19. The van der Waals surface area contributed by atoms with Gasteiger partial charge in [0.1, 0.15) is 11.6 Å². The number of nitrogens with zero attached hydrogens (tertiary/aromatic N) is 1. The minimum absolute atomic E-state index is 0.237. The molecule has 1 rings (SSSR count). The van der Waals surface area contributed by atoms with Gasteiger partial charge in [-0.3, -0.25) is 24.8 Å². The number of nitrogens with two attached hydrogens (primary N) is 1. The standard InChI is InChI=1S/C19H33FN4O5/c1-19(2,3)29-18(28)22-14(11-13-7-5-4-6-8-13)17(27)23-24(16(26)12-20)10-9-15(21)25/h13-14H,4-12H2,1-3H3,(H2,21,25)(H,22,28)(H,23,27)/t14-/m0/s1. The third-order valence-electron chi connectivity index (χ3n) is 4.54. The maximum absolute atomic E-state index is 12.8. The quantitative estimate of drug-likeness (QED) is 0.517. The SMILES string of the molecule is CC(C)(C)OC(=O)N[C@@H](CC1CCCCC1)C(=O)NN(CCC(N)=O)C(=O)CF. The summed E-state index contributed by atoms with van der Waals surface area (Å²) < 4.78 is 18.1. The summed E-state index contributed by atoms with van der Waals surface area (Å²) >= 11 is 0. The van der Waals surface area contributed by atoms with Gasteiger partial charge in [0.25, 0.3) is 11.8 Å². The number of primary amides is 1. The lowest BCUT2D eigenvalue weighted by Crippen LogP contribution is -2.56. The fraction of sp³-hybridized carbons (Fsp3) is 0.789. The summed E-state index contributed by atoms with van der Waals surface area (Å²) in [5, 5.41) is 3.27. The number of carbonyl (C=O) groups is 4. The zero-order chi connectivity index (χ0) is 22.0. The lowest BCUT2D eigenvalue weighted by atomic mass is 9.84. The third kappa shape index (κ3) is 10.1. The van der Waals surface area contributed by atoms with E-state index in [0.717, 1.165) is 37.1 Å². The van der Waals surface area contributed by atoms with Gasteiger partial charge in [-0.15, -0.1) is 0 Å². The van der Waals surface area contributed by atoms with E-state index in [1.165, 1.54) is 0 Å². The molecule has 10 heteroatoms. The van der Waals surface area contributed by atoms with Crippen molar-refractivity contribution in [3.8, 4) is 0 Å². The summed E-state index contributed by atoms with van der Waals surface area (Å²) in [5.74, 6) is -2.13. The molecule has 0 radical (unpaired) electrons. The predicted molar refractivity (Wildman–Crippen MR) is 104 cm³/mol. The highest BCUT2D eigenvalue weighted by molar-refractivity contribution is 5.88. The van der Waals surface area contributed by atoms with Crippen molar-refractivity contribution >= 4 is 23.8 Å². The maximum atomic E-state index is 12.8. The number of ether oxygens (including phenoxy) is 1. The molecule has 0 bridgehead atoms. The van der Waals surface area contributed by atoms with Crippen LogP contribution in [0.1, 0.15) is 65.7 Å². The molecule has 4 N–H and O–H groups in total. The molecule has 0 aromatic carbocycles. The zero-order valence-corrected chi connectivity index (χ0v) is 17.5. The van der Waals surface area contributed by atoms with Gasteiger partial charge < -0.3 is 15.8 Å². The fourth-order valence-electron chi connectivity index (χ4n) is 3.19. The molecule has 4 amide bonds. The monoisotopic (exact) mass is 416 g/mol. The van der Waals surface area contributed by atoms with Gasteiger partial charge >= 0.3 is 6.09 Å². The van der Waals surface area contributed by atoms with Crippen molar-refractivity contribution in [3.63, 3.8) is 0 Å². The van der Waals surface area contributed by atoms with Crippen molar-refractivity contribution in [2.45, 2.75) is 77.4 Å². The number of alkyl halides is 1. The lowest BCUT2D eigenvalue weighted by molar-refractivity contribution is -0.143. The number of nitrogens with one attached hydrogen (secondary N) is 2. The highest BCUT2D eigenvalue weighted by Gasteiger charge is 2.30. The van der Waals surface area contributed by atoms with Crippen LogP contribution in [-0.4, -0.2) is 53.7 Å². The summed E-state index contributed by atoms with van der Waals surface area (Å²) in [6.07, 6.45) is 4.50. The van der Waals surface area contributed by atoms with Gasteiger partial charge in [-0.05, 0) is 33.1 Å². The Balaban J connectivity index is 2.86. The Bertz CT molecular complexity index is 588. The Labute approximate surface area is 170 Å². The number of hydrogen-bond acceptors (Lipinski definition) is 5. The van der Waals surface area contributed by atoms with Crippen LogP contribution in [0, 0.1) is 5.92 Å². The molecule has 0 spiro atoms. The van der Waals surface area contributed by atoms with Gasteiger partial charge in [-0.25, -0.2) is 9.18 Å². The van der Waals surface area contributed by atoms with Crippen LogP contribution in [0.5, 0.6) is 0 Å². The van der Waals surface area contributed by atoms with Gasteiger partial charge in [0.2, 0.25) is 5.91 Å². The minimum Gasteiger partial charge on any atom is -0.444 e. The molecule has 29 heavy (non-hydrogen) atoms. The van der Waals surface area contributed by atoms with Crippen molar-refractivity contribution in [1.82, 2.24) is 15.8 Å². The molecule has 0 aliphatic heterocycles. The molecule has 1 atom stereocenters. The predicted octanol–water partition coefficient (Wildman–Crippen LogP) is 1.55. The van der Waals surface area contributed by atoms with Gasteiger partial charge in [0, 0.05) is 6.42 Å². The molecular formula is C19H33FN4O5. The highest BCUT2D eigenvalue weighted by atomic mass is 19.1. The second kappa shape index (κ2) is 11.6. The van der Waals surface area contributed by atoms with E-state index >= 15 is 0 Å². The summed E-state index contributed by atoms with van der Waals surface area (Å²) in [6.45, 7) is 3.51. The second-order valence-electron chi connectivity index (χ2n) is 8.31. The Morgan fingerprint density at radius 2 is 1.79 bits per heavy atom. The topological polar surface area (TPSA) is 131 Å². The average molecular weight is 416 g/mol. The maximum Gasteiger partial charge on any atom is 0.408 e. The number of alkyl carbamates (subject to hydrolysis) is 1. The van der Waals surface area contributed by atoms with E-state index in [4.69, 9.17) is 10.5 Å². The number of hydrazine groups is 1. The smallest absolute Gasteiger partial charge is 0.408 e. The molecule has 0 aromatic heterocycles. The van der Waals surface area contributed by atoms with Crippen LogP contribution in [0.15, 0.2) is 0 Å². The third-order valence-corrected chi connectivity index (χ3v) is 4.54. The molecule has 1 aliphatic rings. The summed E-state index contributed by atoms with van der Waals surface area (Å²) in [7, 11) is 0. The number of hydrogen-bond donors (Lipinski definition) is 3. The number of amides is 4. The Morgan fingerprint density at radius 1 is 1.17 bits per heavy atom. The molecule has 1 fully saturated rings. The molecule has 0 aromatic rings. The zero-order valence-electron chi connectivity index (χ0n) is 17.5. The van der Waals surface area contributed by atoms with Gasteiger partial charge in [0.15, 0.2) is 6.67 Å². The van der Waals surface area contributed by atoms with E-state index in [9.17, 15) is 23.6 Å². The first-order valence-electron chi connectivity index (χ1n) is 9.96. The lowest BCUT2D eigenvalue weighted by Gasteiger charge is -2.30. The Hall–Kier alpha value is -2.39. The van der Waals surface area contributed by atoms with Crippen LogP contribution in [0.25, 0.3) is 0 Å². The first-order chi connectivity index (χ1) is 13.5. The van der Waals surface area contributed by atoms with Crippen LogP contribution >= 0.6 is 0 Å². The van der Waals surface area contributed by atoms with Crippen LogP contribution in [-0.2, 0) is 19.1 Å². The highest BCUT2D eigenvalue weighted by Crippen LogP contribution is 2.27. The van der Waals surface area contributed by atoms with Crippen LogP contribution in [0.4, 0.5) is 9.18 Å². The van der Waals surface area contributed by atoms with E-state index in [1.807, 2.05) is 0 Å². The second-order valence-corrected chi connectivity index (χ2v) is 8.31. The van der Waals surface area contributed by atoms with Gasteiger partial charge in [-0.2, -0.15) is 0 Å². The molecule has 166 valence electrons. The molecule has 9 nitrogen and oxygen atoms in total. The molecule has 0 unspecified atom stereocenters. The first-order valence-corrected chi connectivity index (χ1v) is 9.96. The van der Waals surface area contributed by atoms with Crippen molar-refractivity contribution < 1.29 is 28.3 Å². The minimum atomic E-state index is -1.34. The molecular weight excluding hydrogens is 383 g/mol. The van der Waals surface area contributed by atoms with Crippen molar-refractivity contribution in [2.24, 2.45) is 11.7 Å². The van der Waals surface area contributed by atoms with Gasteiger partial charge in [-0.1, -0.05) is 32.1 Å². The van der Waals surface area contributed by atoms with Crippen molar-refractivity contribution in [1.29, 1.82) is 0 Å². The van der Waals surface area contributed by atoms with E-state index in [-0.39, 0.29) is 18.9 Å². The van der Waals surface area contributed by atoms with Crippen molar-refractivity contribution in [3.05, 3.63) is 0 Å².